The molecule has 0 unspecified atom stereocenters. The molecular formula is C22H21N5O3S. The second kappa shape index (κ2) is 8.57. The van der Waals surface area contributed by atoms with Crippen molar-refractivity contribution in [2.75, 3.05) is 4.72 Å². The number of aryl methyl sites for hydroxylation is 2. The maximum Gasteiger partial charge on any atom is 0.236 e. The Kier molecular flexibility index (Phi) is 5.68. The van der Waals surface area contributed by atoms with Crippen molar-refractivity contribution in [2.45, 2.75) is 19.6 Å². The fraction of sp³-hybridized carbons (Fsp3) is 0.136. The molecule has 0 saturated heterocycles. The van der Waals surface area contributed by atoms with E-state index in [1.54, 1.807) is 60.4 Å². The van der Waals surface area contributed by atoms with Gasteiger partial charge in [-0.2, -0.15) is 10.1 Å². The zero-order chi connectivity index (χ0) is 21.8. The van der Waals surface area contributed by atoms with Crippen LogP contribution in [0.5, 0.6) is 11.6 Å². The molecule has 0 saturated carbocycles. The largest absolute Gasteiger partial charge is 0.439 e. The molecule has 158 valence electrons. The minimum Gasteiger partial charge on any atom is -0.439 e. The molecule has 9 heteroatoms. The number of nitrogens with one attached hydrogen (secondary N) is 1. The standard InChI is InChI=1S/C22H21N5O3S/c1-16-4-6-18(7-5-16)15-31(28,29)26-19-8-10-20(11-9-19)30-22-14-21(24-17(2)25-22)27-13-3-12-23-27/h3-14,26H,15H2,1-2H3. The Morgan fingerprint density at radius 3 is 2.42 bits per heavy atom. The molecule has 0 aliphatic rings. The summed E-state index contributed by atoms with van der Waals surface area (Å²) in [7, 11) is -3.53. The zero-order valence-electron chi connectivity index (χ0n) is 17.1. The van der Waals surface area contributed by atoms with Crippen LogP contribution >= 0.6 is 0 Å². The number of benzene rings is 2. The van der Waals surface area contributed by atoms with E-state index in [0.29, 0.717) is 29.0 Å². The summed E-state index contributed by atoms with van der Waals surface area (Å²) in [4.78, 5) is 8.63. The van der Waals surface area contributed by atoms with Crippen LogP contribution in [0, 0.1) is 13.8 Å². The van der Waals surface area contributed by atoms with Crippen LogP contribution in [0.2, 0.25) is 0 Å². The molecule has 4 aromatic rings. The highest BCUT2D eigenvalue weighted by atomic mass is 32.2. The summed E-state index contributed by atoms with van der Waals surface area (Å²) in [6.07, 6.45) is 3.44. The third kappa shape index (κ3) is 5.46. The van der Waals surface area contributed by atoms with Crippen molar-refractivity contribution in [3.05, 3.63) is 90.0 Å². The second-order valence-electron chi connectivity index (χ2n) is 7.04. The minimum atomic E-state index is -3.53. The van der Waals surface area contributed by atoms with Gasteiger partial charge < -0.3 is 4.74 Å². The summed E-state index contributed by atoms with van der Waals surface area (Å²) in [5, 5.41) is 4.16. The number of rotatable bonds is 7. The summed E-state index contributed by atoms with van der Waals surface area (Å²) >= 11 is 0. The van der Waals surface area contributed by atoms with E-state index in [0.717, 1.165) is 11.1 Å². The normalized spacial score (nSPS) is 11.3. The highest BCUT2D eigenvalue weighted by Crippen LogP contribution is 2.23. The number of anilines is 1. The van der Waals surface area contributed by atoms with E-state index in [1.807, 2.05) is 31.2 Å². The predicted octanol–water partition coefficient (Wildman–Crippen LogP) is 4.01. The number of nitrogens with zero attached hydrogens (tertiary/aromatic N) is 4. The Hall–Kier alpha value is -3.72. The van der Waals surface area contributed by atoms with Crippen LogP contribution in [0.3, 0.4) is 0 Å². The molecule has 4 rings (SSSR count). The van der Waals surface area contributed by atoms with Crippen LogP contribution in [-0.2, 0) is 15.8 Å². The number of ether oxygens (including phenoxy) is 1. The average molecular weight is 436 g/mol. The van der Waals surface area contributed by atoms with Crippen molar-refractivity contribution in [1.29, 1.82) is 0 Å². The predicted molar refractivity (Wildman–Crippen MR) is 118 cm³/mol. The number of sulfonamides is 1. The van der Waals surface area contributed by atoms with E-state index < -0.39 is 10.0 Å². The summed E-state index contributed by atoms with van der Waals surface area (Å²) < 4.78 is 34.9. The van der Waals surface area contributed by atoms with Gasteiger partial charge in [0.15, 0.2) is 5.82 Å². The molecule has 0 aliphatic heterocycles. The lowest BCUT2D eigenvalue weighted by molar-refractivity contribution is 0.459. The molecule has 0 atom stereocenters. The van der Waals surface area contributed by atoms with Crippen LogP contribution in [0.15, 0.2) is 73.1 Å². The van der Waals surface area contributed by atoms with Gasteiger partial charge in [0.25, 0.3) is 0 Å². The van der Waals surface area contributed by atoms with E-state index in [9.17, 15) is 8.42 Å². The smallest absolute Gasteiger partial charge is 0.236 e. The van der Waals surface area contributed by atoms with Crippen LogP contribution in [-0.4, -0.2) is 28.2 Å². The highest BCUT2D eigenvalue weighted by molar-refractivity contribution is 7.91. The van der Waals surface area contributed by atoms with Crippen LogP contribution < -0.4 is 9.46 Å². The van der Waals surface area contributed by atoms with Crippen molar-refractivity contribution in [3.63, 3.8) is 0 Å². The van der Waals surface area contributed by atoms with Gasteiger partial charge in [0.05, 0.1) is 5.75 Å². The quantitative estimate of drug-likeness (QED) is 0.471. The Morgan fingerprint density at radius 1 is 1.00 bits per heavy atom. The third-order valence-electron chi connectivity index (χ3n) is 4.37. The molecule has 0 radical (unpaired) electrons. The minimum absolute atomic E-state index is 0.0953. The fourth-order valence-corrected chi connectivity index (χ4v) is 4.13. The fourth-order valence-electron chi connectivity index (χ4n) is 2.93. The molecule has 8 nitrogen and oxygen atoms in total. The van der Waals surface area contributed by atoms with Gasteiger partial charge in [0.1, 0.15) is 11.6 Å². The van der Waals surface area contributed by atoms with Crippen molar-refractivity contribution in [2.24, 2.45) is 0 Å². The summed E-state index contributed by atoms with van der Waals surface area (Å²) in [5.74, 6) is 1.93. The van der Waals surface area contributed by atoms with E-state index in [1.165, 1.54) is 0 Å². The Bertz CT molecular complexity index is 1270. The van der Waals surface area contributed by atoms with Crippen LogP contribution in [0.1, 0.15) is 17.0 Å². The van der Waals surface area contributed by atoms with Crippen molar-refractivity contribution >= 4 is 15.7 Å². The lowest BCUT2D eigenvalue weighted by Gasteiger charge is -2.10. The molecule has 0 spiro atoms. The second-order valence-corrected chi connectivity index (χ2v) is 8.76. The molecular weight excluding hydrogens is 414 g/mol. The Labute approximate surface area is 180 Å². The monoisotopic (exact) mass is 435 g/mol. The van der Waals surface area contributed by atoms with Crippen molar-refractivity contribution in [3.8, 4) is 17.4 Å². The first-order chi connectivity index (χ1) is 14.9. The first kappa shape index (κ1) is 20.5. The highest BCUT2D eigenvalue weighted by Gasteiger charge is 2.12. The van der Waals surface area contributed by atoms with Gasteiger partial charge >= 0.3 is 0 Å². The summed E-state index contributed by atoms with van der Waals surface area (Å²) in [6.45, 7) is 3.73. The molecule has 1 N–H and O–H groups in total. The Balaban J connectivity index is 1.44. The average Bonchev–Trinajstić information content (AvgIpc) is 3.25. The molecule has 0 fully saturated rings. The maximum atomic E-state index is 12.5. The topological polar surface area (TPSA) is 99.0 Å². The van der Waals surface area contributed by atoms with Gasteiger partial charge in [0.2, 0.25) is 15.9 Å². The molecule has 2 heterocycles. The van der Waals surface area contributed by atoms with Gasteiger partial charge in [0, 0.05) is 24.1 Å². The van der Waals surface area contributed by atoms with E-state index >= 15 is 0 Å². The number of hydrogen-bond donors (Lipinski definition) is 1. The van der Waals surface area contributed by atoms with Gasteiger partial charge in [-0.25, -0.2) is 18.1 Å². The summed E-state index contributed by atoms with van der Waals surface area (Å²) in [5.41, 5.74) is 2.26. The Morgan fingerprint density at radius 2 is 1.74 bits per heavy atom. The number of hydrogen-bond acceptors (Lipinski definition) is 6. The molecule has 2 aromatic carbocycles. The molecule has 31 heavy (non-hydrogen) atoms. The molecule has 2 aromatic heterocycles. The van der Waals surface area contributed by atoms with Crippen molar-refractivity contribution < 1.29 is 13.2 Å². The lowest BCUT2D eigenvalue weighted by Crippen LogP contribution is -2.15. The molecule has 0 bridgehead atoms. The lowest BCUT2D eigenvalue weighted by atomic mass is 10.2. The first-order valence-corrected chi connectivity index (χ1v) is 11.2. The number of aromatic nitrogens is 4. The SMILES string of the molecule is Cc1ccc(CS(=O)(=O)Nc2ccc(Oc3cc(-n4cccn4)nc(C)n3)cc2)cc1. The van der Waals surface area contributed by atoms with E-state index in [4.69, 9.17) is 4.74 Å². The third-order valence-corrected chi connectivity index (χ3v) is 5.63. The first-order valence-electron chi connectivity index (χ1n) is 9.56. The van der Waals surface area contributed by atoms with Crippen molar-refractivity contribution in [1.82, 2.24) is 19.7 Å². The van der Waals surface area contributed by atoms with Gasteiger partial charge in [-0.3, -0.25) is 4.72 Å². The van der Waals surface area contributed by atoms with E-state index in [2.05, 4.69) is 19.8 Å². The van der Waals surface area contributed by atoms with Gasteiger partial charge in [-0.05, 0) is 49.7 Å². The van der Waals surface area contributed by atoms with Gasteiger partial charge in [-0.1, -0.05) is 29.8 Å². The molecule has 0 amide bonds. The molecule has 0 aliphatic carbocycles. The maximum absolute atomic E-state index is 12.5. The van der Waals surface area contributed by atoms with E-state index in [-0.39, 0.29) is 5.75 Å². The van der Waals surface area contributed by atoms with Gasteiger partial charge in [-0.15, -0.1) is 0 Å². The zero-order valence-corrected chi connectivity index (χ0v) is 17.9. The van der Waals surface area contributed by atoms with Crippen LogP contribution in [0.25, 0.3) is 5.82 Å². The van der Waals surface area contributed by atoms with Crippen LogP contribution in [0.4, 0.5) is 5.69 Å². The summed E-state index contributed by atoms with van der Waals surface area (Å²) in [6, 6.07) is 17.5.